The van der Waals surface area contributed by atoms with Crippen LogP contribution in [-0.2, 0) is 31.9 Å². The van der Waals surface area contributed by atoms with Gasteiger partial charge in [0, 0.05) is 10.9 Å². The number of aromatic nitrogens is 2. The summed E-state index contributed by atoms with van der Waals surface area (Å²) in [7, 11) is -0.443. The van der Waals surface area contributed by atoms with Gasteiger partial charge in [0.1, 0.15) is 12.4 Å². The molecule has 2 heterocycles. The molecule has 2 aromatic carbocycles. The van der Waals surface area contributed by atoms with E-state index in [4.69, 9.17) is 23.9 Å². The fraction of sp³-hybridized carbons (Fsp3) is 0.533. The minimum Gasteiger partial charge on any atom is -0.487 e. The lowest BCUT2D eigenvalue weighted by molar-refractivity contribution is -0.142. The van der Waals surface area contributed by atoms with Gasteiger partial charge in [-0.1, -0.05) is 49.6 Å². The second-order valence-electron chi connectivity index (χ2n) is 11.4. The number of para-hydroxylation sites is 1. The van der Waals surface area contributed by atoms with E-state index in [2.05, 4.69) is 50.6 Å². The monoisotopic (exact) mass is 518 g/mol. The molecule has 0 atom stereocenters. The highest BCUT2D eigenvalue weighted by Crippen LogP contribution is 2.37. The average Bonchev–Trinajstić information content (AvgIpc) is 3.36. The zero-order valence-electron chi connectivity index (χ0n) is 23.3. The summed E-state index contributed by atoms with van der Waals surface area (Å²) in [4.78, 5) is 12.2. The standard InChI is InChI=1S/C30H39BN2O5/c1-6-35-28(34)18-21-12-10-11-15-27(21)36-20-26-24-19-22(31-37-29(2,3)30(4,5)38-31)16-17-25(24)32-33(26)23-13-8-7-9-14-23/h10-12,15-17,19,23H,6-9,13-14,18,20H2,1-5H3. The number of carbonyl (C=O) groups is 1. The van der Waals surface area contributed by atoms with Gasteiger partial charge >= 0.3 is 13.1 Å². The van der Waals surface area contributed by atoms with Gasteiger partial charge in [0.25, 0.3) is 0 Å². The van der Waals surface area contributed by atoms with Crippen LogP contribution in [0.1, 0.15) is 84.0 Å². The van der Waals surface area contributed by atoms with E-state index in [0.29, 0.717) is 25.0 Å². The van der Waals surface area contributed by atoms with Crippen LogP contribution in [0.2, 0.25) is 0 Å². The van der Waals surface area contributed by atoms with E-state index in [1.807, 2.05) is 31.2 Å². The van der Waals surface area contributed by atoms with Crippen LogP contribution in [0.3, 0.4) is 0 Å². The molecule has 0 unspecified atom stereocenters. The molecule has 3 aromatic rings. The first-order valence-corrected chi connectivity index (χ1v) is 13.9. The van der Waals surface area contributed by atoms with Gasteiger partial charge < -0.3 is 18.8 Å². The van der Waals surface area contributed by atoms with Crippen molar-refractivity contribution in [2.45, 2.75) is 97.0 Å². The van der Waals surface area contributed by atoms with E-state index in [9.17, 15) is 4.79 Å². The molecule has 0 bridgehead atoms. The lowest BCUT2D eigenvalue weighted by Crippen LogP contribution is -2.41. The third-order valence-electron chi connectivity index (χ3n) is 8.25. The molecule has 1 saturated heterocycles. The van der Waals surface area contributed by atoms with E-state index in [1.165, 1.54) is 19.3 Å². The molecule has 1 aliphatic carbocycles. The number of ether oxygens (including phenoxy) is 2. The molecule has 38 heavy (non-hydrogen) atoms. The van der Waals surface area contributed by atoms with Crippen LogP contribution < -0.4 is 10.2 Å². The van der Waals surface area contributed by atoms with Gasteiger partial charge in [-0.05, 0) is 65.1 Å². The number of rotatable bonds is 8. The zero-order valence-corrected chi connectivity index (χ0v) is 23.3. The SMILES string of the molecule is CCOC(=O)Cc1ccccc1OCc1c2cc(B3OC(C)(C)C(C)(C)O3)ccc2nn1C1CCCCC1. The third kappa shape index (κ3) is 5.34. The van der Waals surface area contributed by atoms with Crippen LogP contribution in [0, 0.1) is 0 Å². The van der Waals surface area contributed by atoms with Gasteiger partial charge in [0.15, 0.2) is 0 Å². The minimum absolute atomic E-state index is 0.179. The van der Waals surface area contributed by atoms with Crippen LogP contribution in [0.15, 0.2) is 42.5 Å². The second-order valence-corrected chi connectivity index (χ2v) is 11.4. The summed E-state index contributed by atoms with van der Waals surface area (Å²) in [6.45, 7) is 10.8. The number of benzene rings is 2. The van der Waals surface area contributed by atoms with Crippen molar-refractivity contribution in [3.05, 3.63) is 53.7 Å². The Morgan fingerprint density at radius 2 is 1.76 bits per heavy atom. The Morgan fingerprint density at radius 3 is 2.47 bits per heavy atom. The van der Waals surface area contributed by atoms with Crippen molar-refractivity contribution in [1.82, 2.24) is 9.78 Å². The van der Waals surface area contributed by atoms with Crippen LogP contribution in [0.4, 0.5) is 0 Å². The molecule has 2 fully saturated rings. The van der Waals surface area contributed by atoms with E-state index >= 15 is 0 Å². The number of carbonyl (C=O) groups excluding carboxylic acids is 1. The molecule has 1 saturated carbocycles. The largest absolute Gasteiger partial charge is 0.494 e. The molecule has 0 spiro atoms. The summed E-state index contributed by atoms with van der Waals surface area (Å²) in [6.07, 6.45) is 6.11. The Labute approximate surface area is 225 Å². The predicted octanol–water partition coefficient (Wildman–Crippen LogP) is 5.53. The molecule has 1 aliphatic heterocycles. The summed E-state index contributed by atoms with van der Waals surface area (Å²) >= 11 is 0. The molecule has 8 heteroatoms. The van der Waals surface area contributed by atoms with Crippen LogP contribution >= 0.6 is 0 Å². The van der Waals surface area contributed by atoms with E-state index in [1.54, 1.807) is 0 Å². The highest BCUT2D eigenvalue weighted by Gasteiger charge is 2.51. The maximum atomic E-state index is 12.2. The van der Waals surface area contributed by atoms with Crippen molar-refractivity contribution in [1.29, 1.82) is 0 Å². The Morgan fingerprint density at radius 1 is 1.05 bits per heavy atom. The Bertz CT molecular complexity index is 1280. The van der Waals surface area contributed by atoms with E-state index < -0.39 is 18.3 Å². The lowest BCUT2D eigenvalue weighted by Gasteiger charge is -2.32. The summed E-state index contributed by atoms with van der Waals surface area (Å²) in [5.41, 5.74) is 2.95. The van der Waals surface area contributed by atoms with Crippen LogP contribution in [0.5, 0.6) is 5.75 Å². The molecule has 0 amide bonds. The van der Waals surface area contributed by atoms with Crippen molar-refractivity contribution in [2.24, 2.45) is 0 Å². The quantitative estimate of drug-likeness (QED) is 0.289. The molecule has 7 nitrogen and oxygen atoms in total. The Kier molecular flexibility index (Phi) is 7.56. The number of hydrogen-bond donors (Lipinski definition) is 0. The summed E-state index contributed by atoms with van der Waals surface area (Å²) in [5.74, 6) is 0.431. The molecule has 202 valence electrons. The van der Waals surface area contributed by atoms with Gasteiger partial charge in [-0.15, -0.1) is 0 Å². The van der Waals surface area contributed by atoms with Gasteiger partial charge in [-0.2, -0.15) is 5.10 Å². The van der Waals surface area contributed by atoms with Crippen molar-refractivity contribution >= 4 is 29.5 Å². The first kappa shape index (κ1) is 26.8. The van der Waals surface area contributed by atoms with Gasteiger partial charge in [0.2, 0.25) is 0 Å². The van der Waals surface area contributed by atoms with Gasteiger partial charge in [-0.3, -0.25) is 9.48 Å². The van der Waals surface area contributed by atoms with Crippen LogP contribution in [0.25, 0.3) is 10.9 Å². The van der Waals surface area contributed by atoms with Crippen molar-refractivity contribution in [2.75, 3.05) is 6.61 Å². The minimum atomic E-state index is -0.443. The van der Waals surface area contributed by atoms with E-state index in [-0.39, 0.29) is 12.4 Å². The maximum Gasteiger partial charge on any atom is 0.494 e. The Balaban J connectivity index is 1.48. The highest BCUT2D eigenvalue weighted by atomic mass is 16.7. The summed E-state index contributed by atoms with van der Waals surface area (Å²) < 4.78 is 26.4. The number of hydrogen-bond acceptors (Lipinski definition) is 6. The van der Waals surface area contributed by atoms with Crippen molar-refractivity contribution in [3.63, 3.8) is 0 Å². The van der Waals surface area contributed by atoms with Crippen LogP contribution in [-0.4, -0.2) is 40.7 Å². The molecular weight excluding hydrogens is 479 g/mol. The number of nitrogens with zero attached hydrogens (tertiary/aromatic N) is 2. The highest BCUT2D eigenvalue weighted by molar-refractivity contribution is 6.62. The molecule has 1 aromatic heterocycles. The number of fused-ring (bicyclic) bond motifs is 1. The van der Waals surface area contributed by atoms with Gasteiger partial charge in [0.05, 0.1) is 41.5 Å². The van der Waals surface area contributed by atoms with Crippen molar-refractivity contribution < 1.29 is 23.6 Å². The molecule has 0 radical (unpaired) electrons. The molecular formula is C30H39BN2O5. The maximum absolute atomic E-state index is 12.2. The predicted molar refractivity (Wildman–Crippen MR) is 149 cm³/mol. The topological polar surface area (TPSA) is 71.8 Å². The molecule has 5 rings (SSSR count). The zero-order chi connectivity index (χ0) is 26.9. The van der Waals surface area contributed by atoms with E-state index in [0.717, 1.165) is 40.5 Å². The second kappa shape index (κ2) is 10.7. The smallest absolute Gasteiger partial charge is 0.487 e. The third-order valence-corrected chi connectivity index (χ3v) is 8.25. The fourth-order valence-corrected chi connectivity index (χ4v) is 5.37. The van der Waals surface area contributed by atoms with Crippen molar-refractivity contribution in [3.8, 4) is 5.75 Å². The summed E-state index contributed by atoms with van der Waals surface area (Å²) in [5, 5.41) is 6.10. The first-order valence-electron chi connectivity index (χ1n) is 13.9. The van der Waals surface area contributed by atoms with Gasteiger partial charge in [-0.25, -0.2) is 0 Å². The first-order chi connectivity index (χ1) is 18.2. The molecule has 0 N–H and O–H groups in total. The lowest BCUT2D eigenvalue weighted by atomic mass is 9.78. The normalized spacial score (nSPS) is 19.1. The number of esters is 1. The molecule has 2 aliphatic rings. The summed E-state index contributed by atoms with van der Waals surface area (Å²) in [6, 6.07) is 14.3. The Hall–Kier alpha value is -2.84. The average molecular weight is 518 g/mol. The fourth-order valence-electron chi connectivity index (χ4n) is 5.37.